The Bertz CT molecular complexity index is 427. The Morgan fingerprint density at radius 1 is 1.25 bits per heavy atom. The summed E-state index contributed by atoms with van der Waals surface area (Å²) in [5.74, 6) is -2.12. The number of carbonyl (C=O) groups excluding carboxylic acids is 1. The fourth-order valence-electron chi connectivity index (χ4n) is 1.76. The minimum atomic E-state index is -1.36. The summed E-state index contributed by atoms with van der Waals surface area (Å²) in [5.41, 5.74) is 2.36. The summed E-state index contributed by atoms with van der Waals surface area (Å²) >= 11 is 0. The van der Waals surface area contributed by atoms with Gasteiger partial charge in [-0.3, -0.25) is 4.79 Å². The van der Waals surface area contributed by atoms with Crippen LogP contribution >= 0.6 is 0 Å². The van der Waals surface area contributed by atoms with Gasteiger partial charge in [-0.2, -0.15) is 0 Å². The van der Waals surface area contributed by atoms with Crippen molar-refractivity contribution < 1.29 is 14.7 Å². The molecule has 1 aromatic carbocycles. The molecule has 1 fully saturated rings. The summed E-state index contributed by atoms with van der Waals surface area (Å²) in [6, 6.07) is 7.69. The SMILES string of the molecule is CC1(c2ccc(CC(=O)C(=O)O)cc2)CC1. The topological polar surface area (TPSA) is 54.4 Å². The Kier molecular flexibility index (Phi) is 2.54. The first-order chi connectivity index (χ1) is 7.51. The average molecular weight is 218 g/mol. The normalized spacial score (nSPS) is 16.8. The molecule has 0 atom stereocenters. The zero-order chi connectivity index (χ0) is 11.8. The number of hydrogen-bond acceptors (Lipinski definition) is 2. The highest BCUT2D eigenvalue weighted by Crippen LogP contribution is 2.47. The van der Waals surface area contributed by atoms with Crippen LogP contribution in [0.2, 0.25) is 0 Å². The Morgan fingerprint density at radius 2 is 1.81 bits per heavy atom. The highest BCUT2D eigenvalue weighted by Gasteiger charge is 2.38. The van der Waals surface area contributed by atoms with Crippen LogP contribution in [0.4, 0.5) is 0 Å². The van der Waals surface area contributed by atoms with Crippen LogP contribution in [0.3, 0.4) is 0 Å². The quantitative estimate of drug-likeness (QED) is 0.786. The first-order valence-corrected chi connectivity index (χ1v) is 5.37. The molecule has 0 spiro atoms. The first-order valence-electron chi connectivity index (χ1n) is 5.37. The van der Waals surface area contributed by atoms with Gasteiger partial charge in [0.1, 0.15) is 0 Å². The molecular formula is C13H14O3. The number of aliphatic carboxylic acids is 1. The number of rotatable bonds is 4. The molecule has 0 amide bonds. The van der Waals surface area contributed by atoms with Gasteiger partial charge in [0.25, 0.3) is 0 Å². The van der Waals surface area contributed by atoms with Gasteiger partial charge in [-0.1, -0.05) is 31.2 Å². The molecule has 1 aliphatic carbocycles. The highest BCUT2D eigenvalue weighted by molar-refractivity contribution is 6.33. The molecule has 1 aromatic rings. The minimum Gasteiger partial charge on any atom is -0.475 e. The van der Waals surface area contributed by atoms with Gasteiger partial charge in [-0.25, -0.2) is 4.79 Å². The maximum Gasteiger partial charge on any atom is 0.372 e. The largest absolute Gasteiger partial charge is 0.475 e. The predicted octanol–water partition coefficient (Wildman–Crippen LogP) is 1.93. The van der Waals surface area contributed by atoms with Crippen molar-refractivity contribution in [2.24, 2.45) is 0 Å². The lowest BCUT2D eigenvalue weighted by atomic mass is 9.96. The molecule has 2 rings (SSSR count). The zero-order valence-corrected chi connectivity index (χ0v) is 9.19. The third-order valence-corrected chi connectivity index (χ3v) is 3.25. The molecule has 16 heavy (non-hydrogen) atoms. The molecule has 0 radical (unpaired) electrons. The van der Waals surface area contributed by atoms with Crippen LogP contribution in [-0.4, -0.2) is 16.9 Å². The number of ketones is 1. The third-order valence-electron chi connectivity index (χ3n) is 3.25. The lowest BCUT2D eigenvalue weighted by Crippen LogP contribution is -2.15. The summed E-state index contributed by atoms with van der Waals surface area (Å²) in [7, 11) is 0. The van der Waals surface area contributed by atoms with E-state index in [1.807, 2.05) is 24.3 Å². The van der Waals surface area contributed by atoms with Crippen LogP contribution < -0.4 is 0 Å². The fraction of sp³-hybridized carbons (Fsp3) is 0.385. The molecule has 1 N–H and O–H groups in total. The predicted molar refractivity (Wildman–Crippen MR) is 59.4 cm³/mol. The van der Waals surface area contributed by atoms with Crippen molar-refractivity contribution in [3.63, 3.8) is 0 Å². The molecule has 1 saturated carbocycles. The molecule has 1 aliphatic rings. The Labute approximate surface area is 94.1 Å². The number of carbonyl (C=O) groups is 2. The maximum atomic E-state index is 11.0. The van der Waals surface area contributed by atoms with Crippen molar-refractivity contribution in [1.82, 2.24) is 0 Å². The zero-order valence-electron chi connectivity index (χ0n) is 9.19. The average Bonchev–Trinajstić information content (AvgIpc) is 2.98. The van der Waals surface area contributed by atoms with E-state index in [4.69, 9.17) is 5.11 Å². The fourth-order valence-corrected chi connectivity index (χ4v) is 1.76. The molecule has 0 aliphatic heterocycles. The number of carboxylic acid groups (broad SMARTS) is 1. The molecule has 84 valence electrons. The van der Waals surface area contributed by atoms with Crippen molar-refractivity contribution in [1.29, 1.82) is 0 Å². The number of Topliss-reactive ketones (excluding diaryl/α,β-unsaturated/α-hetero) is 1. The van der Waals surface area contributed by atoms with E-state index >= 15 is 0 Å². The van der Waals surface area contributed by atoms with E-state index in [2.05, 4.69) is 6.92 Å². The molecule has 0 saturated heterocycles. The molecular weight excluding hydrogens is 204 g/mol. The smallest absolute Gasteiger partial charge is 0.372 e. The second-order valence-electron chi connectivity index (χ2n) is 4.66. The number of benzene rings is 1. The van der Waals surface area contributed by atoms with Gasteiger partial charge in [-0.15, -0.1) is 0 Å². The van der Waals surface area contributed by atoms with Gasteiger partial charge in [0.15, 0.2) is 0 Å². The van der Waals surface area contributed by atoms with Gasteiger partial charge >= 0.3 is 5.97 Å². The van der Waals surface area contributed by atoms with E-state index in [1.54, 1.807) is 0 Å². The number of carboxylic acids is 1. The monoisotopic (exact) mass is 218 g/mol. The van der Waals surface area contributed by atoms with Crippen LogP contribution in [-0.2, 0) is 21.4 Å². The van der Waals surface area contributed by atoms with Gasteiger partial charge in [0.05, 0.1) is 0 Å². The molecule has 3 heteroatoms. The van der Waals surface area contributed by atoms with E-state index in [9.17, 15) is 9.59 Å². The number of hydrogen-bond donors (Lipinski definition) is 1. The third kappa shape index (κ3) is 2.13. The molecule has 3 nitrogen and oxygen atoms in total. The molecule has 0 unspecified atom stereocenters. The van der Waals surface area contributed by atoms with Crippen molar-refractivity contribution in [2.75, 3.05) is 0 Å². The van der Waals surface area contributed by atoms with Crippen LogP contribution in [0.15, 0.2) is 24.3 Å². The Hall–Kier alpha value is -1.64. The van der Waals surface area contributed by atoms with Crippen molar-refractivity contribution in [2.45, 2.75) is 31.6 Å². The van der Waals surface area contributed by atoms with Crippen LogP contribution in [0, 0.1) is 0 Å². The summed E-state index contributed by atoms with van der Waals surface area (Å²) in [5, 5.41) is 8.49. The lowest BCUT2D eigenvalue weighted by Gasteiger charge is -2.08. The summed E-state index contributed by atoms with van der Waals surface area (Å²) in [6.45, 7) is 2.21. The molecule has 0 aromatic heterocycles. The highest BCUT2D eigenvalue weighted by atomic mass is 16.4. The van der Waals surface area contributed by atoms with Gasteiger partial charge < -0.3 is 5.11 Å². The van der Waals surface area contributed by atoms with Gasteiger partial charge in [-0.05, 0) is 29.4 Å². The summed E-state index contributed by atoms with van der Waals surface area (Å²) in [4.78, 5) is 21.4. The van der Waals surface area contributed by atoms with Crippen molar-refractivity contribution in [3.05, 3.63) is 35.4 Å². The second kappa shape index (κ2) is 3.74. The van der Waals surface area contributed by atoms with Crippen LogP contribution in [0.25, 0.3) is 0 Å². The molecule has 0 bridgehead atoms. The molecule has 0 heterocycles. The minimum absolute atomic E-state index is 0.0215. The van der Waals surface area contributed by atoms with E-state index in [0.717, 1.165) is 5.56 Å². The van der Waals surface area contributed by atoms with E-state index in [1.165, 1.54) is 18.4 Å². The lowest BCUT2D eigenvalue weighted by molar-refractivity contribution is -0.148. The second-order valence-corrected chi connectivity index (χ2v) is 4.66. The van der Waals surface area contributed by atoms with Crippen LogP contribution in [0.5, 0.6) is 0 Å². The Morgan fingerprint density at radius 3 is 2.25 bits per heavy atom. The standard InChI is InChI=1S/C13H14O3/c1-13(6-7-13)10-4-2-9(3-5-10)8-11(14)12(15)16/h2-5H,6-8H2,1H3,(H,15,16). The van der Waals surface area contributed by atoms with Gasteiger partial charge in [0.2, 0.25) is 5.78 Å². The maximum absolute atomic E-state index is 11.0. The summed E-state index contributed by atoms with van der Waals surface area (Å²) < 4.78 is 0. The van der Waals surface area contributed by atoms with E-state index in [0.29, 0.717) is 5.41 Å². The Balaban J connectivity index is 2.08. The van der Waals surface area contributed by atoms with Crippen LogP contribution in [0.1, 0.15) is 30.9 Å². The van der Waals surface area contributed by atoms with E-state index in [-0.39, 0.29) is 6.42 Å². The first kappa shape index (κ1) is 10.9. The van der Waals surface area contributed by atoms with Crippen molar-refractivity contribution >= 4 is 11.8 Å². The summed E-state index contributed by atoms with van der Waals surface area (Å²) in [6.07, 6.45) is 2.40. The van der Waals surface area contributed by atoms with Crippen molar-refractivity contribution in [3.8, 4) is 0 Å². The van der Waals surface area contributed by atoms with Gasteiger partial charge in [0, 0.05) is 6.42 Å². The van der Waals surface area contributed by atoms with E-state index < -0.39 is 11.8 Å².